The molecule has 0 aliphatic carbocycles. The lowest BCUT2D eigenvalue weighted by Gasteiger charge is -2.17. The van der Waals surface area contributed by atoms with Crippen molar-refractivity contribution in [3.8, 4) is 67.8 Å². The van der Waals surface area contributed by atoms with E-state index in [0.717, 1.165) is 105 Å². The van der Waals surface area contributed by atoms with Gasteiger partial charge in [-0.25, -0.2) is 4.98 Å². The Morgan fingerprint density at radius 2 is 0.826 bits per heavy atom. The molecule has 69 heavy (non-hydrogen) atoms. The maximum Gasteiger partial charge on any atom is 0.238 e. The number of benzene rings is 10. The molecular formula is C63H39N5O. The first-order chi connectivity index (χ1) is 34.2. The number of hydrogen-bond acceptors (Lipinski definition) is 4. The standard InChI is InChI=1S/C63H39N5O/c1-3-18-40(19-4-1)42-36-37-57(67-54-32-11-7-24-45(54)46-25-8-12-33-55(46)67)53(39-42)43-22-15-23-44(38-43)62-64-61(41-20-5-2-6-21-41)65-63(66-62)68-56-34-13-9-26-47(56)49-28-16-29-50(59(49)68)52-31-17-30-51-48-27-10-14-35-58(48)69-60(51)52/h1-39H. The maximum atomic E-state index is 6.66. The van der Waals surface area contributed by atoms with Crippen molar-refractivity contribution in [3.05, 3.63) is 237 Å². The third-order valence-electron chi connectivity index (χ3n) is 13.6. The van der Waals surface area contributed by atoms with Gasteiger partial charge in [0.15, 0.2) is 11.6 Å². The van der Waals surface area contributed by atoms with Crippen LogP contribution >= 0.6 is 0 Å². The van der Waals surface area contributed by atoms with Crippen LogP contribution in [0.25, 0.3) is 133 Å². The second-order valence-corrected chi connectivity index (χ2v) is 17.5. The average Bonchev–Trinajstić information content (AvgIpc) is 4.09. The summed E-state index contributed by atoms with van der Waals surface area (Å²) in [5, 5.41) is 6.80. The molecule has 0 amide bonds. The van der Waals surface area contributed by atoms with Gasteiger partial charge in [-0.05, 0) is 59.2 Å². The molecule has 0 aliphatic heterocycles. The van der Waals surface area contributed by atoms with E-state index in [1.165, 1.54) is 10.8 Å². The summed E-state index contributed by atoms with van der Waals surface area (Å²) >= 11 is 0. The Hall–Kier alpha value is -9.39. The molecule has 0 spiro atoms. The Morgan fingerprint density at radius 1 is 0.304 bits per heavy atom. The van der Waals surface area contributed by atoms with Crippen LogP contribution in [0, 0.1) is 0 Å². The minimum atomic E-state index is 0.525. The number of nitrogens with zero attached hydrogens (tertiary/aromatic N) is 5. The van der Waals surface area contributed by atoms with Crippen LogP contribution in [0.15, 0.2) is 241 Å². The largest absolute Gasteiger partial charge is 0.455 e. The Labute approximate surface area is 396 Å². The molecule has 6 heteroatoms. The molecule has 0 atom stereocenters. The van der Waals surface area contributed by atoms with Crippen molar-refractivity contribution in [1.82, 2.24) is 24.1 Å². The van der Waals surface area contributed by atoms with E-state index in [4.69, 9.17) is 19.4 Å². The fourth-order valence-electron chi connectivity index (χ4n) is 10.5. The zero-order valence-corrected chi connectivity index (χ0v) is 37.2. The molecule has 14 aromatic rings. The highest BCUT2D eigenvalue weighted by molar-refractivity contribution is 6.17. The fraction of sp³-hybridized carbons (Fsp3) is 0. The third kappa shape index (κ3) is 6.23. The number of fused-ring (bicyclic) bond motifs is 9. The minimum absolute atomic E-state index is 0.525. The summed E-state index contributed by atoms with van der Waals surface area (Å²) in [7, 11) is 0. The second-order valence-electron chi connectivity index (χ2n) is 17.5. The van der Waals surface area contributed by atoms with Gasteiger partial charge >= 0.3 is 0 Å². The Morgan fingerprint density at radius 3 is 1.55 bits per heavy atom. The van der Waals surface area contributed by atoms with Crippen molar-refractivity contribution >= 4 is 65.6 Å². The summed E-state index contributed by atoms with van der Waals surface area (Å²) in [4.78, 5) is 16.1. The van der Waals surface area contributed by atoms with Gasteiger partial charge in [0.1, 0.15) is 11.2 Å². The predicted octanol–water partition coefficient (Wildman–Crippen LogP) is 16.3. The van der Waals surface area contributed by atoms with E-state index in [2.05, 4.69) is 215 Å². The summed E-state index contributed by atoms with van der Waals surface area (Å²) in [6.07, 6.45) is 0. The van der Waals surface area contributed by atoms with Crippen molar-refractivity contribution in [2.75, 3.05) is 0 Å². The smallest absolute Gasteiger partial charge is 0.238 e. The van der Waals surface area contributed by atoms with Crippen LogP contribution < -0.4 is 0 Å². The quantitative estimate of drug-likeness (QED) is 0.160. The van der Waals surface area contributed by atoms with Gasteiger partial charge in [0.2, 0.25) is 5.95 Å². The molecule has 6 nitrogen and oxygen atoms in total. The third-order valence-corrected chi connectivity index (χ3v) is 13.6. The molecule has 0 fully saturated rings. The predicted molar refractivity (Wildman–Crippen MR) is 283 cm³/mol. The van der Waals surface area contributed by atoms with Crippen LogP contribution in [-0.2, 0) is 0 Å². The lowest BCUT2D eigenvalue weighted by molar-refractivity contribution is 0.670. The Bertz CT molecular complexity index is 4260. The highest BCUT2D eigenvalue weighted by atomic mass is 16.3. The summed E-state index contributed by atoms with van der Waals surface area (Å²) in [6, 6.07) is 83.3. The monoisotopic (exact) mass is 881 g/mol. The summed E-state index contributed by atoms with van der Waals surface area (Å²) in [5.74, 6) is 1.68. The van der Waals surface area contributed by atoms with Crippen molar-refractivity contribution < 1.29 is 4.42 Å². The zero-order chi connectivity index (χ0) is 45.4. The van der Waals surface area contributed by atoms with Crippen LogP contribution in [0.2, 0.25) is 0 Å². The van der Waals surface area contributed by atoms with Gasteiger partial charge in [0.05, 0.1) is 27.8 Å². The van der Waals surface area contributed by atoms with Gasteiger partial charge in [0.25, 0.3) is 0 Å². The van der Waals surface area contributed by atoms with Crippen molar-refractivity contribution in [3.63, 3.8) is 0 Å². The number of aromatic nitrogens is 5. The summed E-state index contributed by atoms with van der Waals surface area (Å²) in [5.41, 5.74) is 15.3. The molecule has 0 saturated heterocycles. The van der Waals surface area contributed by atoms with Crippen molar-refractivity contribution in [2.24, 2.45) is 0 Å². The molecule has 0 N–H and O–H groups in total. The highest BCUT2D eigenvalue weighted by Gasteiger charge is 2.23. The van der Waals surface area contributed by atoms with Crippen LogP contribution in [0.3, 0.4) is 0 Å². The molecule has 322 valence electrons. The fourth-order valence-corrected chi connectivity index (χ4v) is 10.5. The summed E-state index contributed by atoms with van der Waals surface area (Å²) in [6.45, 7) is 0. The van der Waals surface area contributed by atoms with E-state index >= 15 is 0 Å². The Kier molecular flexibility index (Phi) is 8.79. The van der Waals surface area contributed by atoms with E-state index in [-0.39, 0.29) is 0 Å². The number of hydrogen-bond donors (Lipinski definition) is 0. The van der Waals surface area contributed by atoms with Gasteiger partial charge in [0, 0.05) is 60.1 Å². The van der Waals surface area contributed by atoms with Gasteiger partial charge < -0.3 is 8.98 Å². The van der Waals surface area contributed by atoms with E-state index in [9.17, 15) is 0 Å². The average molecular weight is 882 g/mol. The Balaban J connectivity index is 1.01. The molecule has 10 aromatic carbocycles. The number of para-hydroxylation sites is 6. The molecule has 0 bridgehead atoms. The summed E-state index contributed by atoms with van der Waals surface area (Å²) < 4.78 is 11.3. The maximum absolute atomic E-state index is 6.66. The van der Waals surface area contributed by atoms with Crippen molar-refractivity contribution in [2.45, 2.75) is 0 Å². The van der Waals surface area contributed by atoms with Gasteiger partial charge in [-0.3, -0.25) is 4.57 Å². The highest BCUT2D eigenvalue weighted by Crippen LogP contribution is 2.43. The molecular weight excluding hydrogens is 843 g/mol. The molecule has 14 rings (SSSR count). The van der Waals surface area contributed by atoms with Crippen LogP contribution in [0.1, 0.15) is 0 Å². The van der Waals surface area contributed by atoms with E-state index in [0.29, 0.717) is 17.6 Å². The second kappa shape index (κ2) is 15.6. The minimum Gasteiger partial charge on any atom is -0.455 e. The first-order valence-corrected chi connectivity index (χ1v) is 23.3. The van der Waals surface area contributed by atoms with Crippen LogP contribution in [-0.4, -0.2) is 24.1 Å². The van der Waals surface area contributed by atoms with Crippen LogP contribution in [0.4, 0.5) is 0 Å². The normalized spacial score (nSPS) is 11.8. The molecule has 0 saturated carbocycles. The molecule has 0 radical (unpaired) electrons. The zero-order valence-electron chi connectivity index (χ0n) is 37.2. The lowest BCUT2D eigenvalue weighted by atomic mass is 9.96. The van der Waals surface area contributed by atoms with E-state index < -0.39 is 0 Å². The molecule has 4 aromatic heterocycles. The topological polar surface area (TPSA) is 61.7 Å². The van der Waals surface area contributed by atoms with Crippen molar-refractivity contribution in [1.29, 1.82) is 0 Å². The lowest BCUT2D eigenvalue weighted by Crippen LogP contribution is -2.07. The van der Waals surface area contributed by atoms with E-state index in [1.54, 1.807) is 0 Å². The SMILES string of the molecule is c1ccc(-c2ccc(-n3c4ccccc4c4ccccc43)c(-c3cccc(-c4nc(-c5ccccc5)nc(-n5c6ccccc6c6cccc(-c7cccc8c7oc7ccccc78)c65)n4)c3)c2)cc1. The molecule has 4 heterocycles. The molecule has 0 aliphatic rings. The first-order valence-electron chi connectivity index (χ1n) is 23.3. The van der Waals surface area contributed by atoms with Gasteiger partial charge in [-0.15, -0.1) is 0 Å². The molecule has 0 unspecified atom stereocenters. The number of furan rings is 1. The first kappa shape index (κ1) is 38.8. The van der Waals surface area contributed by atoms with Gasteiger partial charge in [-0.2, -0.15) is 9.97 Å². The number of rotatable bonds is 7. The van der Waals surface area contributed by atoms with Crippen LogP contribution in [0.5, 0.6) is 0 Å². The van der Waals surface area contributed by atoms with Gasteiger partial charge in [-0.1, -0.05) is 194 Å². The van der Waals surface area contributed by atoms with E-state index in [1.807, 2.05) is 30.3 Å².